The predicted molar refractivity (Wildman–Crippen MR) is 54.5 cm³/mol. The molecule has 0 aliphatic rings. The van der Waals surface area contributed by atoms with Gasteiger partial charge in [-0.2, -0.15) is 0 Å². The van der Waals surface area contributed by atoms with Crippen molar-refractivity contribution in [2.45, 2.75) is 10.2 Å². The van der Waals surface area contributed by atoms with Gasteiger partial charge in [0.2, 0.25) is 0 Å². The van der Waals surface area contributed by atoms with E-state index in [0.29, 0.717) is 8.64 Å². The Balaban J connectivity index is 3.30. The molecule has 0 saturated heterocycles. The van der Waals surface area contributed by atoms with E-state index < -0.39 is 42.6 Å². The van der Waals surface area contributed by atoms with E-state index in [1.807, 2.05) is 0 Å². The Kier molecular flexibility index (Phi) is 4.27. The van der Waals surface area contributed by atoms with Crippen molar-refractivity contribution >= 4 is 3.07 Å². The molecule has 0 unspecified atom stereocenters. The predicted octanol–water partition coefficient (Wildman–Crippen LogP) is 0.144. The maximum atomic E-state index is 10.8. The fourth-order valence-electron chi connectivity index (χ4n) is 1.46. The Morgan fingerprint density at radius 1 is 1.00 bits per heavy atom. The molecular formula is C8H7HgN3O6. The summed E-state index contributed by atoms with van der Waals surface area (Å²) in [7, 11) is 0. The molecule has 9 nitrogen and oxygen atoms in total. The van der Waals surface area contributed by atoms with E-state index in [9.17, 15) is 30.3 Å². The summed E-state index contributed by atoms with van der Waals surface area (Å²) in [6.45, 7) is 1.62. The summed E-state index contributed by atoms with van der Waals surface area (Å²) in [4.78, 5) is 28.3. The number of nitro groups is 3. The van der Waals surface area contributed by atoms with Crippen molar-refractivity contribution in [1.29, 1.82) is 0 Å². The van der Waals surface area contributed by atoms with Crippen LogP contribution in [0.2, 0.25) is 0 Å². The average Bonchev–Trinajstić information content (AvgIpc) is 2.26. The standard InChI is InChI=1S/C7H7.CN3O6.Hg/c1-7-5-3-2-4-6-7;5-2(6)1(3(7)8)4(9)10;/h2-5H,1H3;;. The molecule has 0 N–H and O–H groups in total. The Labute approximate surface area is 113 Å². The first-order valence-corrected chi connectivity index (χ1v) is 10.3. The van der Waals surface area contributed by atoms with Gasteiger partial charge in [0.1, 0.15) is 0 Å². The van der Waals surface area contributed by atoms with Crippen LogP contribution in [0.3, 0.4) is 0 Å². The molecule has 0 fully saturated rings. The minimum absolute atomic E-state index is 0.419. The molecule has 10 heteroatoms. The van der Waals surface area contributed by atoms with Gasteiger partial charge in [0.25, 0.3) is 0 Å². The van der Waals surface area contributed by atoms with Crippen LogP contribution in [-0.2, 0) is 24.6 Å². The molecule has 0 heterocycles. The average molecular weight is 442 g/mol. The van der Waals surface area contributed by atoms with Crippen LogP contribution in [0.4, 0.5) is 0 Å². The van der Waals surface area contributed by atoms with E-state index >= 15 is 0 Å². The molecule has 92 valence electrons. The van der Waals surface area contributed by atoms with Gasteiger partial charge < -0.3 is 0 Å². The zero-order chi connectivity index (χ0) is 13.9. The van der Waals surface area contributed by atoms with E-state index in [0.717, 1.165) is 0 Å². The summed E-state index contributed by atoms with van der Waals surface area (Å²) in [6, 6.07) is 6.34. The molecule has 0 aliphatic heterocycles. The fourth-order valence-corrected chi connectivity index (χ4v) is 7.48. The monoisotopic (exact) mass is 443 g/mol. The second-order valence-corrected chi connectivity index (χ2v) is 11.7. The van der Waals surface area contributed by atoms with Crippen LogP contribution >= 0.6 is 0 Å². The van der Waals surface area contributed by atoms with Gasteiger partial charge in [-0.05, 0) is 0 Å². The van der Waals surface area contributed by atoms with Crippen molar-refractivity contribution in [3.05, 3.63) is 60.2 Å². The number of hydrogen-bond donors (Lipinski definition) is 0. The second kappa shape index (κ2) is 5.33. The van der Waals surface area contributed by atoms with Crippen molar-refractivity contribution in [2.75, 3.05) is 0 Å². The number of aryl methyl sites for hydroxylation is 1. The summed E-state index contributed by atoms with van der Waals surface area (Å²) < 4.78 is -2.80. The molecule has 0 atom stereocenters. The first kappa shape index (κ1) is 14.4. The van der Waals surface area contributed by atoms with Gasteiger partial charge in [0, 0.05) is 0 Å². The Morgan fingerprint density at radius 2 is 1.44 bits per heavy atom. The molecule has 1 rings (SSSR count). The molecule has 0 aliphatic carbocycles. The molecule has 0 bridgehead atoms. The number of benzene rings is 1. The molecule has 0 aromatic heterocycles. The number of rotatable bonds is 5. The molecule has 0 spiro atoms. The van der Waals surface area contributed by atoms with Gasteiger partial charge in [-0.25, -0.2) is 0 Å². The van der Waals surface area contributed by atoms with Crippen LogP contribution in [0.1, 0.15) is 5.56 Å². The van der Waals surface area contributed by atoms with Crippen LogP contribution in [0.5, 0.6) is 0 Å². The summed E-state index contributed by atoms with van der Waals surface area (Å²) in [5.41, 5.74) is 0.620. The van der Waals surface area contributed by atoms with Crippen molar-refractivity contribution < 1.29 is 39.3 Å². The van der Waals surface area contributed by atoms with Gasteiger partial charge in [0.15, 0.2) is 0 Å². The molecule has 0 saturated carbocycles. The summed E-state index contributed by atoms with van der Waals surface area (Å²) in [6.07, 6.45) is 0. The number of nitrogens with zero attached hydrogens (tertiary/aromatic N) is 3. The van der Waals surface area contributed by atoms with Gasteiger partial charge >= 0.3 is 113 Å². The molecule has 18 heavy (non-hydrogen) atoms. The normalized spacial score (nSPS) is 10.5. The Hall–Kier alpha value is -1.64. The van der Waals surface area contributed by atoms with Crippen molar-refractivity contribution in [2.24, 2.45) is 0 Å². The first-order chi connectivity index (χ1) is 8.32. The first-order valence-electron chi connectivity index (χ1n) is 4.80. The van der Waals surface area contributed by atoms with Crippen molar-refractivity contribution in [1.82, 2.24) is 0 Å². The quantitative estimate of drug-likeness (QED) is 0.277. The van der Waals surface area contributed by atoms with Crippen LogP contribution in [0.15, 0.2) is 24.3 Å². The van der Waals surface area contributed by atoms with Crippen molar-refractivity contribution in [3.63, 3.8) is 0 Å². The topological polar surface area (TPSA) is 129 Å². The van der Waals surface area contributed by atoms with Crippen LogP contribution in [0.25, 0.3) is 0 Å². The fraction of sp³-hybridized carbons (Fsp3) is 0.250. The maximum absolute atomic E-state index is 10.8. The molecule has 0 amide bonds. The van der Waals surface area contributed by atoms with E-state index in [2.05, 4.69) is 0 Å². The van der Waals surface area contributed by atoms with Crippen LogP contribution in [-0.4, -0.2) is 18.1 Å². The molecular weight excluding hydrogens is 435 g/mol. The van der Waals surface area contributed by atoms with E-state index in [1.54, 1.807) is 25.1 Å². The summed E-state index contributed by atoms with van der Waals surface area (Å²) in [5, 5.41) is 32.4. The minimum atomic E-state index is -3.26. The third-order valence-electron chi connectivity index (χ3n) is 2.57. The SMILES string of the molecule is Cc1cccc[c]1[Hg][C]([N+](=O)[O-])([N+](=O)[O-])[N+](=O)[O-]. The van der Waals surface area contributed by atoms with Gasteiger partial charge in [-0.1, -0.05) is 0 Å². The third kappa shape index (κ3) is 2.45. The molecule has 1 aromatic carbocycles. The third-order valence-corrected chi connectivity index (χ3v) is 12.0. The van der Waals surface area contributed by atoms with Crippen LogP contribution in [0, 0.1) is 37.3 Å². The molecule has 1 aromatic rings. The zero-order valence-corrected chi connectivity index (χ0v) is 14.8. The van der Waals surface area contributed by atoms with Crippen LogP contribution < -0.4 is 3.07 Å². The summed E-state index contributed by atoms with van der Waals surface area (Å²) in [5.74, 6) is 0. The van der Waals surface area contributed by atoms with E-state index in [4.69, 9.17) is 0 Å². The number of hydrogen-bond acceptors (Lipinski definition) is 6. The van der Waals surface area contributed by atoms with E-state index in [-0.39, 0.29) is 0 Å². The van der Waals surface area contributed by atoms with E-state index in [1.165, 1.54) is 6.07 Å². The van der Waals surface area contributed by atoms with Gasteiger partial charge in [-0.15, -0.1) is 0 Å². The Morgan fingerprint density at radius 3 is 1.83 bits per heavy atom. The zero-order valence-electron chi connectivity index (χ0n) is 9.31. The molecule has 0 radical (unpaired) electrons. The van der Waals surface area contributed by atoms with Crippen molar-refractivity contribution in [3.8, 4) is 0 Å². The Bertz CT molecular complexity index is 483. The van der Waals surface area contributed by atoms with Gasteiger partial charge in [0.05, 0.1) is 0 Å². The van der Waals surface area contributed by atoms with Gasteiger partial charge in [-0.3, -0.25) is 0 Å². The second-order valence-electron chi connectivity index (χ2n) is 3.65. The summed E-state index contributed by atoms with van der Waals surface area (Å²) >= 11 is -3.26.